The predicted octanol–water partition coefficient (Wildman–Crippen LogP) is 3.64. The number of amides is 1. The molecule has 7 heteroatoms. The fourth-order valence-electron chi connectivity index (χ4n) is 1.57. The fraction of sp³-hybridized carbons (Fsp3) is 0.417. The average molecular weight is 324 g/mol. The highest BCUT2D eigenvalue weighted by Crippen LogP contribution is 2.27. The van der Waals surface area contributed by atoms with Crippen molar-refractivity contribution < 1.29 is 13.2 Å². The third-order valence-electron chi connectivity index (χ3n) is 2.65. The van der Waals surface area contributed by atoms with E-state index < -0.39 is 9.05 Å². The van der Waals surface area contributed by atoms with Gasteiger partial charge in [-0.2, -0.15) is 0 Å². The Labute approximate surface area is 122 Å². The summed E-state index contributed by atoms with van der Waals surface area (Å²) in [6.07, 6.45) is 1.68. The Balaban J connectivity index is 2.90. The van der Waals surface area contributed by atoms with Gasteiger partial charge in [0.05, 0.1) is 15.6 Å². The van der Waals surface area contributed by atoms with E-state index in [2.05, 4.69) is 5.32 Å². The zero-order valence-electron chi connectivity index (χ0n) is 10.6. The van der Waals surface area contributed by atoms with Crippen molar-refractivity contribution >= 4 is 42.9 Å². The molecule has 0 aliphatic carbocycles. The number of hydrogen-bond donors (Lipinski definition) is 1. The van der Waals surface area contributed by atoms with Crippen LogP contribution in [0.3, 0.4) is 0 Å². The number of rotatable bonds is 5. The maximum atomic E-state index is 11.8. The lowest BCUT2D eigenvalue weighted by Crippen LogP contribution is -2.20. The van der Waals surface area contributed by atoms with Crippen molar-refractivity contribution in [2.75, 3.05) is 5.32 Å². The van der Waals surface area contributed by atoms with E-state index in [4.69, 9.17) is 22.3 Å². The second-order valence-corrected chi connectivity index (χ2v) is 7.23. The number of carbonyl (C=O) groups excluding carboxylic acids is 1. The summed E-state index contributed by atoms with van der Waals surface area (Å²) in [5.74, 6) is -0.275. The van der Waals surface area contributed by atoms with Gasteiger partial charge >= 0.3 is 0 Å². The van der Waals surface area contributed by atoms with Crippen LogP contribution in [-0.2, 0) is 13.8 Å². The molecule has 0 aliphatic rings. The van der Waals surface area contributed by atoms with E-state index in [9.17, 15) is 13.2 Å². The molecule has 0 fully saturated rings. The molecule has 1 unspecified atom stereocenters. The highest BCUT2D eigenvalue weighted by atomic mass is 35.7. The van der Waals surface area contributed by atoms with Crippen molar-refractivity contribution in [3.8, 4) is 0 Å². The SMILES string of the molecule is CCCC(C)C(=O)Nc1ccc(S(=O)(=O)Cl)cc1Cl. The van der Waals surface area contributed by atoms with E-state index in [0.717, 1.165) is 12.8 Å². The fourth-order valence-corrected chi connectivity index (χ4v) is 2.64. The molecule has 0 saturated heterocycles. The molecule has 1 aromatic carbocycles. The second kappa shape index (κ2) is 6.59. The Morgan fingerprint density at radius 2 is 2.05 bits per heavy atom. The van der Waals surface area contributed by atoms with Gasteiger partial charge in [0.2, 0.25) is 5.91 Å². The van der Waals surface area contributed by atoms with Crippen molar-refractivity contribution in [1.82, 2.24) is 0 Å². The van der Waals surface area contributed by atoms with Crippen molar-refractivity contribution in [1.29, 1.82) is 0 Å². The summed E-state index contributed by atoms with van der Waals surface area (Å²) in [5.41, 5.74) is 0.374. The number of anilines is 1. The molecule has 4 nitrogen and oxygen atoms in total. The molecule has 0 aromatic heterocycles. The van der Waals surface area contributed by atoms with Crippen LogP contribution in [0.5, 0.6) is 0 Å². The number of halogens is 2. The number of nitrogens with one attached hydrogen (secondary N) is 1. The van der Waals surface area contributed by atoms with Gasteiger partial charge in [0.25, 0.3) is 9.05 Å². The zero-order chi connectivity index (χ0) is 14.6. The molecule has 1 rings (SSSR count). The van der Waals surface area contributed by atoms with E-state index in [0.29, 0.717) is 5.69 Å². The van der Waals surface area contributed by atoms with Gasteiger partial charge in [-0.3, -0.25) is 4.79 Å². The maximum absolute atomic E-state index is 11.8. The molecule has 0 saturated carbocycles. The number of hydrogen-bond acceptors (Lipinski definition) is 3. The number of benzene rings is 1. The summed E-state index contributed by atoms with van der Waals surface area (Å²) >= 11 is 5.92. The smallest absolute Gasteiger partial charge is 0.261 e. The van der Waals surface area contributed by atoms with E-state index >= 15 is 0 Å². The number of carbonyl (C=O) groups is 1. The first-order valence-electron chi connectivity index (χ1n) is 5.80. The lowest BCUT2D eigenvalue weighted by Gasteiger charge is -2.12. The van der Waals surface area contributed by atoms with Crippen LogP contribution in [0.1, 0.15) is 26.7 Å². The van der Waals surface area contributed by atoms with Gasteiger partial charge in [-0.05, 0) is 24.6 Å². The van der Waals surface area contributed by atoms with Crippen LogP contribution < -0.4 is 5.32 Å². The first kappa shape index (κ1) is 16.3. The summed E-state index contributed by atoms with van der Waals surface area (Å²) in [4.78, 5) is 11.7. The molecular formula is C12H15Cl2NO3S. The van der Waals surface area contributed by atoms with Crippen LogP contribution in [0.4, 0.5) is 5.69 Å². The molecule has 106 valence electrons. The van der Waals surface area contributed by atoms with Crippen molar-refractivity contribution in [3.63, 3.8) is 0 Å². The van der Waals surface area contributed by atoms with Crippen molar-refractivity contribution in [2.24, 2.45) is 5.92 Å². The van der Waals surface area contributed by atoms with Crippen LogP contribution in [0, 0.1) is 5.92 Å². The topological polar surface area (TPSA) is 63.2 Å². The Morgan fingerprint density at radius 1 is 1.42 bits per heavy atom. The Kier molecular flexibility index (Phi) is 5.64. The van der Waals surface area contributed by atoms with Crippen LogP contribution in [-0.4, -0.2) is 14.3 Å². The predicted molar refractivity (Wildman–Crippen MR) is 77.2 cm³/mol. The van der Waals surface area contributed by atoms with Crippen LogP contribution in [0.25, 0.3) is 0 Å². The standard InChI is InChI=1S/C12H15Cl2NO3S/c1-3-4-8(2)12(16)15-11-6-5-9(7-10(11)13)19(14,17)18/h5-8H,3-4H2,1-2H3,(H,15,16). The Morgan fingerprint density at radius 3 is 2.53 bits per heavy atom. The molecule has 1 amide bonds. The summed E-state index contributed by atoms with van der Waals surface area (Å²) in [6.45, 7) is 3.82. The third-order valence-corrected chi connectivity index (χ3v) is 4.31. The Bertz CT molecular complexity index is 572. The minimum Gasteiger partial charge on any atom is -0.325 e. The van der Waals surface area contributed by atoms with E-state index in [-0.39, 0.29) is 21.7 Å². The van der Waals surface area contributed by atoms with Gasteiger partial charge in [-0.1, -0.05) is 31.9 Å². The first-order chi connectivity index (χ1) is 8.75. The minimum absolute atomic E-state index is 0.0984. The minimum atomic E-state index is -3.82. The first-order valence-corrected chi connectivity index (χ1v) is 8.49. The molecule has 0 bridgehead atoms. The molecule has 19 heavy (non-hydrogen) atoms. The van der Waals surface area contributed by atoms with Crippen LogP contribution in [0.2, 0.25) is 5.02 Å². The highest BCUT2D eigenvalue weighted by molar-refractivity contribution is 8.13. The molecular weight excluding hydrogens is 309 g/mol. The molecule has 0 spiro atoms. The third kappa shape index (κ3) is 4.67. The largest absolute Gasteiger partial charge is 0.325 e. The van der Waals surface area contributed by atoms with Gasteiger partial charge in [0.1, 0.15) is 0 Å². The van der Waals surface area contributed by atoms with Crippen LogP contribution in [0.15, 0.2) is 23.1 Å². The van der Waals surface area contributed by atoms with E-state index in [1.54, 1.807) is 0 Å². The second-order valence-electron chi connectivity index (χ2n) is 4.26. The summed E-state index contributed by atoms with van der Waals surface area (Å²) in [5, 5.41) is 2.80. The van der Waals surface area contributed by atoms with Gasteiger partial charge in [-0.25, -0.2) is 8.42 Å². The maximum Gasteiger partial charge on any atom is 0.261 e. The van der Waals surface area contributed by atoms with Gasteiger partial charge in [0.15, 0.2) is 0 Å². The van der Waals surface area contributed by atoms with E-state index in [1.807, 2.05) is 13.8 Å². The normalized spacial score (nSPS) is 13.1. The summed E-state index contributed by atoms with van der Waals surface area (Å²) < 4.78 is 22.3. The summed E-state index contributed by atoms with van der Waals surface area (Å²) in [7, 11) is 1.39. The van der Waals surface area contributed by atoms with E-state index in [1.165, 1.54) is 18.2 Å². The van der Waals surface area contributed by atoms with Gasteiger partial charge < -0.3 is 5.32 Å². The molecule has 1 atom stereocenters. The van der Waals surface area contributed by atoms with Crippen LogP contribution >= 0.6 is 22.3 Å². The highest BCUT2D eigenvalue weighted by Gasteiger charge is 2.16. The molecule has 1 N–H and O–H groups in total. The molecule has 1 aromatic rings. The molecule has 0 heterocycles. The monoisotopic (exact) mass is 323 g/mol. The van der Waals surface area contributed by atoms with Crippen molar-refractivity contribution in [2.45, 2.75) is 31.6 Å². The average Bonchev–Trinajstić information content (AvgIpc) is 2.30. The summed E-state index contributed by atoms with van der Waals surface area (Å²) in [6, 6.07) is 3.94. The van der Waals surface area contributed by atoms with Gasteiger partial charge in [0, 0.05) is 16.6 Å². The quantitative estimate of drug-likeness (QED) is 0.841. The lowest BCUT2D eigenvalue weighted by molar-refractivity contribution is -0.119. The Hall–Kier alpha value is -0.780. The molecule has 0 aliphatic heterocycles. The van der Waals surface area contributed by atoms with Crippen molar-refractivity contribution in [3.05, 3.63) is 23.2 Å². The molecule has 0 radical (unpaired) electrons. The van der Waals surface area contributed by atoms with Gasteiger partial charge in [-0.15, -0.1) is 0 Å². The lowest BCUT2D eigenvalue weighted by atomic mass is 10.1. The zero-order valence-corrected chi connectivity index (χ0v) is 12.9.